The van der Waals surface area contributed by atoms with E-state index in [1.54, 1.807) is 24.3 Å². The molecular formula is C18H17NO3. The molecule has 0 aliphatic heterocycles. The summed E-state index contributed by atoms with van der Waals surface area (Å²) in [5.74, 6) is -1.45. The first-order chi connectivity index (χ1) is 10.5. The Morgan fingerprint density at radius 2 is 1.68 bits per heavy atom. The molecule has 0 fully saturated rings. The number of hydrogen-bond donors (Lipinski definition) is 1. The number of amides is 1. The summed E-state index contributed by atoms with van der Waals surface area (Å²) in [7, 11) is 0. The highest BCUT2D eigenvalue weighted by molar-refractivity contribution is 6.11. The number of carbonyl (C=O) groups is 2. The molecule has 0 bridgehead atoms. The van der Waals surface area contributed by atoms with Crippen molar-refractivity contribution >= 4 is 23.3 Å². The van der Waals surface area contributed by atoms with E-state index in [1.807, 2.05) is 26.0 Å². The molecule has 2 rings (SSSR count). The summed E-state index contributed by atoms with van der Waals surface area (Å²) in [6.07, 6.45) is 1.18. The van der Waals surface area contributed by atoms with E-state index >= 15 is 0 Å². The minimum atomic E-state index is -1.08. The second-order valence-corrected chi connectivity index (χ2v) is 4.92. The minimum absolute atomic E-state index is 0.0682. The van der Waals surface area contributed by atoms with Crippen LogP contribution in [0.2, 0.25) is 0 Å². The predicted molar refractivity (Wildman–Crippen MR) is 86.7 cm³/mol. The van der Waals surface area contributed by atoms with Crippen LogP contribution in [0, 0.1) is 13.8 Å². The third kappa shape index (κ3) is 2.76. The van der Waals surface area contributed by atoms with Crippen LogP contribution in [-0.4, -0.2) is 17.0 Å². The van der Waals surface area contributed by atoms with Gasteiger partial charge in [0.05, 0.1) is 16.9 Å². The molecule has 1 N–H and O–H groups in total. The molecule has 1 amide bonds. The van der Waals surface area contributed by atoms with Crippen molar-refractivity contribution in [2.75, 3.05) is 4.90 Å². The Kier molecular flexibility index (Phi) is 4.41. The van der Waals surface area contributed by atoms with Crippen LogP contribution < -0.4 is 4.90 Å². The van der Waals surface area contributed by atoms with E-state index in [1.165, 1.54) is 17.0 Å². The van der Waals surface area contributed by atoms with Gasteiger partial charge in [-0.3, -0.25) is 9.69 Å². The van der Waals surface area contributed by atoms with Gasteiger partial charge in [-0.25, -0.2) is 4.79 Å². The van der Waals surface area contributed by atoms with Gasteiger partial charge in [0.25, 0.3) is 5.91 Å². The van der Waals surface area contributed by atoms with Crippen molar-refractivity contribution in [3.05, 3.63) is 71.8 Å². The number of carboxylic acids is 1. The third-order valence-electron chi connectivity index (χ3n) is 3.59. The lowest BCUT2D eigenvalue weighted by atomic mass is 10.0. The number of rotatable bonds is 4. The van der Waals surface area contributed by atoms with E-state index in [2.05, 4.69) is 6.58 Å². The highest BCUT2D eigenvalue weighted by atomic mass is 16.4. The molecule has 0 heterocycles. The Morgan fingerprint density at radius 1 is 1.05 bits per heavy atom. The first-order valence-electron chi connectivity index (χ1n) is 6.82. The van der Waals surface area contributed by atoms with E-state index in [4.69, 9.17) is 0 Å². The van der Waals surface area contributed by atoms with Crippen molar-refractivity contribution in [1.82, 2.24) is 0 Å². The normalized spacial score (nSPS) is 10.1. The SMILES string of the molecule is C=CC(=O)N(c1ccccc1C(=O)O)c1cccc(C)c1C. The average molecular weight is 295 g/mol. The molecule has 4 heteroatoms. The topological polar surface area (TPSA) is 57.6 Å². The highest BCUT2D eigenvalue weighted by Gasteiger charge is 2.22. The number of aromatic carboxylic acids is 1. The van der Waals surface area contributed by atoms with E-state index in [0.717, 1.165) is 11.1 Å². The van der Waals surface area contributed by atoms with Crippen molar-refractivity contribution < 1.29 is 14.7 Å². The highest BCUT2D eigenvalue weighted by Crippen LogP contribution is 2.32. The van der Waals surface area contributed by atoms with Crippen molar-refractivity contribution in [3.8, 4) is 0 Å². The van der Waals surface area contributed by atoms with Crippen LogP contribution in [-0.2, 0) is 4.79 Å². The Balaban J connectivity index is 2.72. The van der Waals surface area contributed by atoms with Crippen LogP contribution in [0.3, 0.4) is 0 Å². The van der Waals surface area contributed by atoms with E-state index in [9.17, 15) is 14.7 Å². The number of aryl methyl sites for hydroxylation is 1. The third-order valence-corrected chi connectivity index (χ3v) is 3.59. The number of para-hydroxylation sites is 1. The standard InChI is InChI=1S/C18H17NO3/c1-4-17(20)19(15-11-7-8-12(2)13(15)3)16-10-6-5-9-14(16)18(21)22/h4-11H,1H2,2-3H3,(H,21,22). The second-order valence-electron chi connectivity index (χ2n) is 4.92. The lowest BCUT2D eigenvalue weighted by Crippen LogP contribution is -2.26. The summed E-state index contributed by atoms with van der Waals surface area (Å²) in [6.45, 7) is 7.36. The largest absolute Gasteiger partial charge is 0.478 e. The number of carboxylic acid groups (broad SMARTS) is 1. The Bertz CT molecular complexity index is 750. The molecule has 0 radical (unpaired) electrons. The summed E-state index contributed by atoms with van der Waals surface area (Å²) in [6, 6.07) is 12.0. The molecule has 0 unspecified atom stereocenters. The molecule has 4 nitrogen and oxygen atoms in total. The lowest BCUT2D eigenvalue weighted by molar-refractivity contribution is -0.113. The zero-order chi connectivity index (χ0) is 16.3. The smallest absolute Gasteiger partial charge is 0.337 e. The molecule has 0 aliphatic rings. The first kappa shape index (κ1) is 15.5. The quantitative estimate of drug-likeness (QED) is 0.871. The fraction of sp³-hybridized carbons (Fsp3) is 0.111. The van der Waals surface area contributed by atoms with Crippen molar-refractivity contribution in [1.29, 1.82) is 0 Å². The molecule has 22 heavy (non-hydrogen) atoms. The molecule has 0 aliphatic carbocycles. The van der Waals surface area contributed by atoms with Gasteiger partial charge in [-0.1, -0.05) is 30.8 Å². The molecule has 2 aromatic carbocycles. The fourth-order valence-electron chi connectivity index (χ4n) is 2.29. The molecule has 0 aromatic heterocycles. The van der Waals surface area contributed by atoms with Gasteiger partial charge in [-0.05, 0) is 49.2 Å². The maximum Gasteiger partial charge on any atom is 0.337 e. The molecule has 0 saturated carbocycles. The Hall–Kier alpha value is -2.88. The number of hydrogen-bond acceptors (Lipinski definition) is 2. The number of benzene rings is 2. The van der Waals surface area contributed by atoms with Gasteiger partial charge in [-0.15, -0.1) is 0 Å². The van der Waals surface area contributed by atoms with Crippen LogP contribution in [0.15, 0.2) is 55.1 Å². The molecule has 0 spiro atoms. The number of carbonyl (C=O) groups excluding carboxylic acids is 1. The summed E-state index contributed by atoms with van der Waals surface area (Å²) >= 11 is 0. The summed E-state index contributed by atoms with van der Waals surface area (Å²) in [4.78, 5) is 25.2. The molecule has 0 saturated heterocycles. The van der Waals surface area contributed by atoms with Crippen LogP contribution in [0.4, 0.5) is 11.4 Å². The monoisotopic (exact) mass is 295 g/mol. The van der Waals surface area contributed by atoms with Gasteiger partial charge in [0.2, 0.25) is 0 Å². The van der Waals surface area contributed by atoms with Gasteiger partial charge < -0.3 is 5.11 Å². The Morgan fingerprint density at radius 3 is 2.32 bits per heavy atom. The van der Waals surface area contributed by atoms with Gasteiger partial charge in [0, 0.05) is 0 Å². The maximum atomic E-state index is 12.4. The maximum absolute atomic E-state index is 12.4. The van der Waals surface area contributed by atoms with Crippen molar-refractivity contribution in [2.24, 2.45) is 0 Å². The zero-order valence-corrected chi connectivity index (χ0v) is 12.5. The average Bonchev–Trinajstić information content (AvgIpc) is 2.51. The van der Waals surface area contributed by atoms with E-state index in [-0.39, 0.29) is 11.5 Å². The van der Waals surface area contributed by atoms with Crippen LogP contribution in [0.5, 0.6) is 0 Å². The molecule has 112 valence electrons. The first-order valence-corrected chi connectivity index (χ1v) is 6.82. The summed E-state index contributed by atoms with van der Waals surface area (Å²) < 4.78 is 0. The minimum Gasteiger partial charge on any atom is -0.478 e. The lowest BCUT2D eigenvalue weighted by Gasteiger charge is -2.25. The number of anilines is 2. The second kappa shape index (κ2) is 6.26. The predicted octanol–water partition coefficient (Wildman–Crippen LogP) is 3.85. The van der Waals surface area contributed by atoms with Crippen molar-refractivity contribution in [3.63, 3.8) is 0 Å². The zero-order valence-electron chi connectivity index (χ0n) is 12.5. The van der Waals surface area contributed by atoms with Gasteiger partial charge in [-0.2, -0.15) is 0 Å². The summed E-state index contributed by atoms with van der Waals surface area (Å²) in [5, 5.41) is 9.38. The van der Waals surface area contributed by atoms with Crippen LogP contribution >= 0.6 is 0 Å². The van der Waals surface area contributed by atoms with Gasteiger partial charge in [0.15, 0.2) is 0 Å². The van der Waals surface area contributed by atoms with Crippen molar-refractivity contribution in [2.45, 2.75) is 13.8 Å². The van der Waals surface area contributed by atoms with E-state index < -0.39 is 5.97 Å². The Labute approximate surface area is 129 Å². The van der Waals surface area contributed by atoms with Gasteiger partial charge in [0.1, 0.15) is 0 Å². The van der Waals surface area contributed by atoms with Crippen LogP contribution in [0.1, 0.15) is 21.5 Å². The van der Waals surface area contributed by atoms with Crippen LogP contribution in [0.25, 0.3) is 0 Å². The molecular weight excluding hydrogens is 278 g/mol. The molecule has 0 atom stereocenters. The van der Waals surface area contributed by atoms with Gasteiger partial charge >= 0.3 is 5.97 Å². The summed E-state index contributed by atoms with van der Waals surface area (Å²) in [5.41, 5.74) is 2.98. The van der Waals surface area contributed by atoms with E-state index in [0.29, 0.717) is 11.4 Å². The molecule has 2 aromatic rings. The number of nitrogens with zero attached hydrogens (tertiary/aromatic N) is 1. The fourth-order valence-corrected chi connectivity index (χ4v) is 2.29.